The van der Waals surface area contributed by atoms with Crippen LogP contribution in [0.1, 0.15) is 38.4 Å². The van der Waals surface area contributed by atoms with Gasteiger partial charge in [-0.3, -0.25) is 0 Å². The molecule has 1 heterocycles. The Morgan fingerprint density at radius 2 is 1.56 bits per heavy atom. The predicted octanol–water partition coefficient (Wildman–Crippen LogP) is 6.65. The van der Waals surface area contributed by atoms with Gasteiger partial charge in [-0.05, 0) is 72.4 Å². The van der Waals surface area contributed by atoms with Crippen molar-refractivity contribution in [3.63, 3.8) is 0 Å². The maximum absolute atomic E-state index is 11.4. The largest absolute Gasteiger partial charge is 0.497 e. The summed E-state index contributed by atoms with van der Waals surface area (Å²) in [5, 5.41) is 11.4. The molecular weight excluding hydrogens is 488 g/mol. The third-order valence-corrected chi connectivity index (χ3v) is 7.99. The molecule has 0 amide bonds. The van der Waals surface area contributed by atoms with E-state index in [0.29, 0.717) is 0 Å². The zero-order valence-electron chi connectivity index (χ0n) is 20.1. The van der Waals surface area contributed by atoms with Gasteiger partial charge in [0.05, 0.1) is 13.2 Å². The highest BCUT2D eigenvalue weighted by molar-refractivity contribution is 9.10. The molecule has 4 unspecified atom stereocenters. The molecule has 1 N–H and O–H groups in total. The van der Waals surface area contributed by atoms with E-state index in [0.717, 1.165) is 35.3 Å². The average Bonchev–Trinajstić information content (AvgIpc) is 2.83. The average molecular weight is 521 g/mol. The Bertz CT molecular complexity index is 1100. The molecule has 5 rings (SSSR count). The van der Waals surface area contributed by atoms with Crippen molar-refractivity contribution in [1.29, 1.82) is 0 Å². The first-order valence-electron chi connectivity index (χ1n) is 12.0. The summed E-state index contributed by atoms with van der Waals surface area (Å²) in [6, 6.07) is 27.9. The Morgan fingerprint density at radius 1 is 0.882 bits per heavy atom. The maximum atomic E-state index is 11.4. The number of ether oxygens (including phenoxy) is 1. The first kappa shape index (κ1) is 23.3. The van der Waals surface area contributed by atoms with Crippen molar-refractivity contribution in [2.75, 3.05) is 23.5 Å². The van der Waals surface area contributed by atoms with Gasteiger partial charge in [0.15, 0.2) is 0 Å². The number of aliphatic hydroxyl groups is 1. The summed E-state index contributed by atoms with van der Waals surface area (Å²) in [4.78, 5) is 5.02. The molecule has 178 valence electrons. The molecule has 2 fully saturated rings. The predicted molar refractivity (Wildman–Crippen MR) is 142 cm³/mol. The number of aliphatic hydroxyl groups excluding tert-OH is 1. The molecule has 5 heteroatoms. The lowest BCUT2D eigenvalue weighted by Crippen LogP contribution is -2.63. The number of nitrogens with zero attached hydrogens (tertiary/aromatic N) is 2. The first-order valence-corrected chi connectivity index (χ1v) is 12.8. The lowest BCUT2D eigenvalue weighted by molar-refractivity contribution is -0.00719. The summed E-state index contributed by atoms with van der Waals surface area (Å²) in [7, 11) is 1.70. The van der Waals surface area contributed by atoms with Crippen LogP contribution >= 0.6 is 15.9 Å². The minimum Gasteiger partial charge on any atom is -0.497 e. The fourth-order valence-corrected chi connectivity index (χ4v) is 6.17. The summed E-state index contributed by atoms with van der Waals surface area (Å²) >= 11 is 3.61. The molecule has 34 heavy (non-hydrogen) atoms. The molecule has 0 aromatic heterocycles. The lowest BCUT2D eigenvalue weighted by Gasteiger charge is -2.59. The third kappa shape index (κ3) is 4.44. The van der Waals surface area contributed by atoms with Crippen molar-refractivity contribution in [3.05, 3.63) is 88.9 Å². The van der Waals surface area contributed by atoms with E-state index >= 15 is 0 Å². The molecule has 4 nitrogen and oxygen atoms in total. The number of methoxy groups -OCH3 is 1. The maximum Gasteiger partial charge on any atom is 0.128 e. The topological polar surface area (TPSA) is 35.9 Å². The molecule has 3 aromatic carbocycles. The third-order valence-electron chi connectivity index (χ3n) is 7.46. The van der Waals surface area contributed by atoms with Gasteiger partial charge in [-0.25, -0.2) is 0 Å². The van der Waals surface area contributed by atoms with Gasteiger partial charge in [-0.2, -0.15) is 0 Å². The number of hydrogen-bond acceptors (Lipinski definition) is 4. The molecule has 0 bridgehead atoms. The van der Waals surface area contributed by atoms with Crippen molar-refractivity contribution < 1.29 is 9.84 Å². The van der Waals surface area contributed by atoms with Crippen LogP contribution in [0.2, 0.25) is 0 Å². The Morgan fingerprint density at radius 3 is 2.21 bits per heavy atom. The Kier molecular flexibility index (Phi) is 6.34. The second-order valence-electron chi connectivity index (χ2n) is 10.4. The van der Waals surface area contributed by atoms with Crippen LogP contribution in [0.4, 0.5) is 11.4 Å². The second-order valence-corrected chi connectivity index (χ2v) is 11.3. The van der Waals surface area contributed by atoms with Crippen LogP contribution in [0.3, 0.4) is 0 Å². The van der Waals surface area contributed by atoms with Gasteiger partial charge < -0.3 is 19.6 Å². The first-order chi connectivity index (χ1) is 16.4. The summed E-state index contributed by atoms with van der Waals surface area (Å²) in [5.41, 5.74) is 3.64. The Hall–Kier alpha value is -2.50. The normalized spacial score (nSPS) is 26.1. The van der Waals surface area contributed by atoms with E-state index in [1.807, 2.05) is 12.1 Å². The van der Waals surface area contributed by atoms with Crippen molar-refractivity contribution in [1.82, 2.24) is 0 Å². The van der Waals surface area contributed by atoms with Crippen LogP contribution in [0.25, 0.3) is 0 Å². The van der Waals surface area contributed by atoms with Crippen LogP contribution in [0.5, 0.6) is 5.75 Å². The highest BCUT2D eigenvalue weighted by atomic mass is 79.9. The number of fused-ring (bicyclic) bond motifs is 1. The SMILES string of the molecule is COc1ccc(N2CC3C(O)CC(C)(C)CC3N(c3ccccc3)C2c2ccc(Br)cc2)cc1. The summed E-state index contributed by atoms with van der Waals surface area (Å²) in [6.45, 7) is 5.39. The van der Waals surface area contributed by atoms with E-state index in [4.69, 9.17) is 4.74 Å². The highest BCUT2D eigenvalue weighted by Crippen LogP contribution is 2.49. The van der Waals surface area contributed by atoms with Crippen molar-refractivity contribution in [3.8, 4) is 5.75 Å². The van der Waals surface area contributed by atoms with Crippen LogP contribution in [0, 0.1) is 11.3 Å². The van der Waals surface area contributed by atoms with E-state index in [9.17, 15) is 5.11 Å². The quantitative estimate of drug-likeness (QED) is 0.417. The van der Waals surface area contributed by atoms with Crippen LogP contribution in [0.15, 0.2) is 83.3 Å². The fourth-order valence-electron chi connectivity index (χ4n) is 5.91. The molecule has 1 aliphatic carbocycles. The number of halogens is 1. The van der Waals surface area contributed by atoms with Gasteiger partial charge in [0, 0.05) is 34.4 Å². The van der Waals surface area contributed by atoms with Crippen molar-refractivity contribution in [2.45, 2.75) is 45.0 Å². The standard InChI is InChI=1S/C29H33BrN2O2/c1-29(2)17-26-25(27(33)18-29)19-31(22-13-15-24(34-3)16-14-22)28(20-9-11-21(30)12-10-20)32(26)23-7-5-4-6-8-23/h4-16,25-28,33H,17-19H2,1-3H3. The zero-order valence-corrected chi connectivity index (χ0v) is 21.7. The van der Waals surface area contributed by atoms with Crippen molar-refractivity contribution in [2.24, 2.45) is 11.3 Å². The van der Waals surface area contributed by atoms with E-state index in [1.54, 1.807) is 7.11 Å². The number of anilines is 2. The van der Waals surface area contributed by atoms with Crippen LogP contribution in [-0.2, 0) is 0 Å². The van der Waals surface area contributed by atoms with Crippen molar-refractivity contribution >= 4 is 27.3 Å². The molecular formula is C29H33BrN2O2. The minimum absolute atomic E-state index is 0.00578. The number of rotatable bonds is 4. The van der Waals surface area contributed by atoms with Crippen LogP contribution < -0.4 is 14.5 Å². The molecule has 4 atom stereocenters. The van der Waals surface area contributed by atoms with Gasteiger partial charge in [-0.1, -0.05) is 60.1 Å². The molecule has 0 spiro atoms. The molecule has 3 aromatic rings. The van der Waals surface area contributed by atoms with Gasteiger partial charge in [-0.15, -0.1) is 0 Å². The van der Waals surface area contributed by atoms with Gasteiger partial charge in [0.25, 0.3) is 0 Å². The summed E-state index contributed by atoms with van der Waals surface area (Å²) in [6.07, 6.45) is 1.54. The Balaban J connectivity index is 1.68. The Labute approximate surface area is 211 Å². The van der Waals surface area contributed by atoms with E-state index < -0.39 is 0 Å². The summed E-state index contributed by atoms with van der Waals surface area (Å²) < 4.78 is 6.49. The molecule has 1 aliphatic heterocycles. The smallest absolute Gasteiger partial charge is 0.128 e. The molecule has 2 aliphatic rings. The number of hydrogen-bond donors (Lipinski definition) is 1. The van der Waals surface area contributed by atoms with E-state index in [-0.39, 0.29) is 29.6 Å². The monoisotopic (exact) mass is 520 g/mol. The highest BCUT2D eigenvalue weighted by Gasteiger charge is 2.50. The van der Waals surface area contributed by atoms with Crippen LogP contribution in [-0.4, -0.2) is 30.9 Å². The second kappa shape index (κ2) is 9.27. The van der Waals surface area contributed by atoms with E-state index in [1.165, 1.54) is 11.3 Å². The van der Waals surface area contributed by atoms with E-state index in [2.05, 4.69) is 106 Å². The summed E-state index contributed by atoms with van der Waals surface area (Å²) in [5.74, 6) is 1.00. The molecule has 0 radical (unpaired) electrons. The van der Waals surface area contributed by atoms with Gasteiger partial charge in [0.2, 0.25) is 0 Å². The van der Waals surface area contributed by atoms with Gasteiger partial charge in [0.1, 0.15) is 11.9 Å². The lowest BCUT2D eigenvalue weighted by atomic mass is 9.66. The molecule has 1 saturated carbocycles. The fraction of sp³-hybridized carbons (Fsp3) is 0.379. The number of benzene rings is 3. The zero-order chi connectivity index (χ0) is 23.9. The number of para-hydroxylation sites is 1. The van der Waals surface area contributed by atoms with Gasteiger partial charge >= 0.3 is 0 Å². The minimum atomic E-state index is -0.341. The molecule has 1 saturated heterocycles.